The van der Waals surface area contributed by atoms with Gasteiger partial charge in [-0.15, -0.1) is 24.0 Å². The third kappa shape index (κ3) is 7.73. The number of hydrogen-bond acceptors (Lipinski definition) is 4. The van der Waals surface area contributed by atoms with Gasteiger partial charge in [0.2, 0.25) is 0 Å². The zero-order chi connectivity index (χ0) is 22.9. The molecule has 2 N–H and O–H groups in total. The number of guanidine groups is 1. The van der Waals surface area contributed by atoms with E-state index in [4.69, 9.17) is 9.47 Å². The molecule has 1 saturated heterocycles. The normalized spacial score (nSPS) is 15.6. The van der Waals surface area contributed by atoms with Crippen molar-refractivity contribution in [3.05, 3.63) is 83.4 Å². The van der Waals surface area contributed by atoms with Crippen LogP contribution in [0.2, 0.25) is 0 Å². The maximum atomic E-state index is 6.12. The SMILES string of the molecule is CN=C(NCc1cccc(Cn2ccnc2)c1)NCc1ccc(C)cc1OCC1CCCO1.I. The number of hydrogen-bond donors (Lipinski definition) is 2. The summed E-state index contributed by atoms with van der Waals surface area (Å²) in [5.41, 5.74) is 4.72. The van der Waals surface area contributed by atoms with Crippen molar-refractivity contribution in [2.75, 3.05) is 20.3 Å². The fourth-order valence-electron chi connectivity index (χ4n) is 3.92. The fourth-order valence-corrected chi connectivity index (χ4v) is 3.92. The minimum absolute atomic E-state index is 0. The van der Waals surface area contributed by atoms with Crippen LogP contribution >= 0.6 is 24.0 Å². The second kappa shape index (κ2) is 13.3. The van der Waals surface area contributed by atoms with E-state index in [9.17, 15) is 0 Å². The first-order valence-electron chi connectivity index (χ1n) is 11.5. The molecule has 34 heavy (non-hydrogen) atoms. The minimum atomic E-state index is 0. The summed E-state index contributed by atoms with van der Waals surface area (Å²) in [5.74, 6) is 1.65. The van der Waals surface area contributed by atoms with E-state index in [0.717, 1.165) is 43.3 Å². The molecule has 0 aliphatic carbocycles. The van der Waals surface area contributed by atoms with Crippen LogP contribution in [-0.4, -0.2) is 41.9 Å². The van der Waals surface area contributed by atoms with Crippen molar-refractivity contribution in [1.82, 2.24) is 20.2 Å². The molecule has 182 valence electrons. The molecule has 0 saturated carbocycles. The molecule has 0 amide bonds. The van der Waals surface area contributed by atoms with Crippen molar-refractivity contribution in [3.63, 3.8) is 0 Å². The van der Waals surface area contributed by atoms with Gasteiger partial charge in [-0.25, -0.2) is 4.98 Å². The molecule has 1 atom stereocenters. The van der Waals surface area contributed by atoms with E-state index in [-0.39, 0.29) is 30.1 Å². The second-order valence-electron chi connectivity index (χ2n) is 8.39. The zero-order valence-electron chi connectivity index (χ0n) is 19.9. The van der Waals surface area contributed by atoms with Gasteiger partial charge in [-0.05, 0) is 42.5 Å². The van der Waals surface area contributed by atoms with Crippen molar-refractivity contribution in [2.24, 2.45) is 4.99 Å². The highest BCUT2D eigenvalue weighted by Crippen LogP contribution is 2.22. The Bertz CT molecular complexity index is 1050. The molecule has 1 aromatic heterocycles. The molecule has 3 aromatic rings. The molecule has 2 heterocycles. The summed E-state index contributed by atoms with van der Waals surface area (Å²) in [6, 6.07) is 14.9. The van der Waals surface area contributed by atoms with Crippen LogP contribution in [0.1, 0.15) is 35.1 Å². The number of ether oxygens (including phenoxy) is 2. The maximum Gasteiger partial charge on any atom is 0.191 e. The lowest BCUT2D eigenvalue weighted by atomic mass is 10.1. The van der Waals surface area contributed by atoms with Gasteiger partial charge < -0.3 is 24.7 Å². The summed E-state index contributed by atoms with van der Waals surface area (Å²) in [6.07, 6.45) is 7.99. The van der Waals surface area contributed by atoms with E-state index in [1.807, 2.05) is 12.5 Å². The van der Waals surface area contributed by atoms with Gasteiger partial charge >= 0.3 is 0 Å². The molecule has 1 fully saturated rings. The van der Waals surface area contributed by atoms with Gasteiger partial charge in [-0.1, -0.05) is 36.4 Å². The van der Waals surface area contributed by atoms with E-state index in [1.165, 1.54) is 16.7 Å². The zero-order valence-corrected chi connectivity index (χ0v) is 22.2. The van der Waals surface area contributed by atoms with Crippen LogP contribution in [0.5, 0.6) is 5.75 Å². The highest BCUT2D eigenvalue weighted by atomic mass is 127. The van der Waals surface area contributed by atoms with Crippen LogP contribution < -0.4 is 15.4 Å². The quantitative estimate of drug-likeness (QED) is 0.227. The van der Waals surface area contributed by atoms with E-state index < -0.39 is 0 Å². The molecular formula is C26H34IN5O2. The first kappa shape index (κ1) is 26.0. The predicted octanol–water partition coefficient (Wildman–Crippen LogP) is 4.28. The van der Waals surface area contributed by atoms with Gasteiger partial charge in [0.1, 0.15) is 12.4 Å². The fraction of sp³-hybridized carbons (Fsp3) is 0.385. The van der Waals surface area contributed by atoms with E-state index in [1.54, 1.807) is 13.2 Å². The molecule has 2 aromatic carbocycles. The van der Waals surface area contributed by atoms with Crippen LogP contribution in [0, 0.1) is 6.92 Å². The Labute approximate surface area is 219 Å². The monoisotopic (exact) mass is 575 g/mol. The molecule has 1 aliphatic rings. The first-order valence-corrected chi connectivity index (χ1v) is 11.5. The molecule has 1 aliphatic heterocycles. The molecule has 0 radical (unpaired) electrons. The summed E-state index contributed by atoms with van der Waals surface area (Å²) in [5, 5.41) is 6.82. The predicted molar refractivity (Wildman–Crippen MR) is 146 cm³/mol. The number of halogens is 1. The number of aryl methyl sites for hydroxylation is 1. The van der Waals surface area contributed by atoms with E-state index in [0.29, 0.717) is 19.7 Å². The number of rotatable bonds is 9. The van der Waals surface area contributed by atoms with Gasteiger partial charge in [0.15, 0.2) is 5.96 Å². The Balaban J connectivity index is 0.00000324. The summed E-state index contributed by atoms with van der Waals surface area (Å²) in [4.78, 5) is 8.49. The smallest absolute Gasteiger partial charge is 0.191 e. The average molecular weight is 575 g/mol. The van der Waals surface area contributed by atoms with Gasteiger partial charge in [-0.3, -0.25) is 4.99 Å². The number of aromatic nitrogens is 2. The third-order valence-corrected chi connectivity index (χ3v) is 5.72. The highest BCUT2D eigenvalue weighted by Gasteiger charge is 2.17. The Morgan fingerprint density at radius 2 is 2.03 bits per heavy atom. The van der Waals surface area contributed by atoms with Crippen molar-refractivity contribution < 1.29 is 9.47 Å². The standard InChI is InChI=1S/C26H33N5O2.HI/c1-20-8-9-23(25(13-20)33-18-24-7-4-12-32-24)16-30-26(27-2)29-15-21-5-3-6-22(14-21)17-31-11-10-28-19-31;/h3,5-6,8-11,13-14,19,24H,4,7,12,15-18H2,1-2H3,(H2,27,29,30);1H. The second-order valence-corrected chi connectivity index (χ2v) is 8.39. The third-order valence-electron chi connectivity index (χ3n) is 5.72. The minimum Gasteiger partial charge on any atom is -0.491 e. The molecule has 1 unspecified atom stereocenters. The Morgan fingerprint density at radius 1 is 1.18 bits per heavy atom. The van der Waals surface area contributed by atoms with Gasteiger partial charge in [0.25, 0.3) is 0 Å². The highest BCUT2D eigenvalue weighted by molar-refractivity contribution is 14.0. The lowest BCUT2D eigenvalue weighted by molar-refractivity contribution is 0.0676. The van der Waals surface area contributed by atoms with Gasteiger partial charge in [0, 0.05) is 51.2 Å². The van der Waals surface area contributed by atoms with Crippen molar-refractivity contribution in [2.45, 2.75) is 45.5 Å². The molecule has 8 heteroatoms. The number of aliphatic imine (C=N–C) groups is 1. The molecule has 0 bridgehead atoms. The molecular weight excluding hydrogens is 541 g/mol. The van der Waals surface area contributed by atoms with E-state index >= 15 is 0 Å². The molecule has 0 spiro atoms. The van der Waals surface area contributed by atoms with Gasteiger partial charge in [-0.2, -0.15) is 0 Å². The Morgan fingerprint density at radius 3 is 2.79 bits per heavy atom. The summed E-state index contributed by atoms with van der Waals surface area (Å²) in [7, 11) is 1.79. The first-order chi connectivity index (χ1) is 16.2. The average Bonchev–Trinajstić information content (AvgIpc) is 3.53. The Kier molecular flexibility index (Phi) is 10.2. The summed E-state index contributed by atoms with van der Waals surface area (Å²) < 4.78 is 13.9. The van der Waals surface area contributed by atoms with Crippen LogP contribution in [0.15, 0.2) is 66.2 Å². The van der Waals surface area contributed by atoms with E-state index in [2.05, 4.69) is 74.6 Å². The van der Waals surface area contributed by atoms with Crippen LogP contribution in [-0.2, 0) is 24.4 Å². The summed E-state index contributed by atoms with van der Waals surface area (Å²) >= 11 is 0. The number of nitrogens with zero attached hydrogens (tertiary/aromatic N) is 3. The van der Waals surface area contributed by atoms with Crippen LogP contribution in [0.4, 0.5) is 0 Å². The molecule has 4 rings (SSSR count). The molecule has 7 nitrogen and oxygen atoms in total. The largest absolute Gasteiger partial charge is 0.491 e. The Hall–Kier alpha value is -2.59. The van der Waals surface area contributed by atoms with Crippen molar-refractivity contribution in [1.29, 1.82) is 0 Å². The summed E-state index contributed by atoms with van der Waals surface area (Å²) in [6.45, 7) is 5.64. The van der Waals surface area contributed by atoms with Crippen molar-refractivity contribution >= 4 is 29.9 Å². The lowest BCUT2D eigenvalue weighted by Gasteiger charge is -2.17. The topological polar surface area (TPSA) is 72.7 Å². The maximum absolute atomic E-state index is 6.12. The lowest BCUT2D eigenvalue weighted by Crippen LogP contribution is -2.36. The van der Waals surface area contributed by atoms with Crippen LogP contribution in [0.25, 0.3) is 0 Å². The number of imidazole rings is 1. The van der Waals surface area contributed by atoms with Crippen molar-refractivity contribution in [3.8, 4) is 5.75 Å². The number of benzene rings is 2. The number of nitrogens with one attached hydrogen (secondary N) is 2. The van der Waals surface area contributed by atoms with Gasteiger partial charge in [0.05, 0.1) is 12.4 Å². The van der Waals surface area contributed by atoms with Crippen LogP contribution in [0.3, 0.4) is 0 Å².